The summed E-state index contributed by atoms with van der Waals surface area (Å²) in [5.41, 5.74) is 4.26. The quantitative estimate of drug-likeness (QED) is 0.152. The van der Waals surface area contributed by atoms with Crippen molar-refractivity contribution in [3.8, 4) is 5.75 Å². The van der Waals surface area contributed by atoms with Crippen LogP contribution in [-0.4, -0.2) is 59.5 Å². The molecule has 2 bridgehead atoms. The molecule has 3 aromatic carbocycles. The zero-order chi connectivity index (χ0) is 30.5. The van der Waals surface area contributed by atoms with Crippen LogP contribution >= 0.6 is 0 Å². The molecule has 0 radical (unpaired) electrons. The van der Waals surface area contributed by atoms with E-state index in [0.29, 0.717) is 18.3 Å². The molecule has 44 heavy (non-hydrogen) atoms. The fourth-order valence-electron chi connectivity index (χ4n) is 7.71. The maximum absolute atomic E-state index is 13.9. The molecule has 3 N–H and O–H groups in total. The molecule has 3 aliphatic heterocycles. The standard InChI is InChI=1S/C37H42N4O3/c1-3-28-24-41(23-27-12-8-5-9-13-27)19-17-29(28)21-35(41)36(32-16-18-38-34-15-14-31(44-2)22-33(32)34)40-37(43)39-30(25-42)20-26-10-6-4-7-11-26/h3-16,18,22,28-30,35-36,42H,1,17,19-21,23-25H2,2H3,(H-,39,40,43)/p+1/t28-,29-,30-,35-,36-,41+/m0/s1. The highest BCUT2D eigenvalue weighted by molar-refractivity contribution is 5.85. The number of aliphatic hydroxyl groups is 1. The van der Waals surface area contributed by atoms with Gasteiger partial charge in [0.2, 0.25) is 0 Å². The molecule has 7 nitrogen and oxygen atoms in total. The number of ether oxygens (including phenoxy) is 1. The number of quaternary nitrogens is 1. The lowest BCUT2D eigenvalue weighted by Gasteiger charge is -2.59. The third-order valence-corrected chi connectivity index (χ3v) is 9.89. The van der Waals surface area contributed by atoms with Crippen LogP contribution in [-0.2, 0) is 13.0 Å². The first-order valence-electron chi connectivity index (χ1n) is 15.7. The molecule has 0 unspecified atom stereocenters. The molecule has 0 aliphatic carbocycles. The van der Waals surface area contributed by atoms with Gasteiger partial charge in [-0.05, 0) is 47.7 Å². The van der Waals surface area contributed by atoms with Crippen molar-refractivity contribution in [2.45, 2.75) is 43.9 Å². The fourth-order valence-corrected chi connectivity index (χ4v) is 7.71. The lowest BCUT2D eigenvalue weighted by Crippen LogP contribution is -2.69. The maximum atomic E-state index is 13.9. The third-order valence-electron chi connectivity index (χ3n) is 9.89. The van der Waals surface area contributed by atoms with Gasteiger partial charge in [-0.2, -0.15) is 0 Å². The number of benzene rings is 3. The van der Waals surface area contributed by atoms with E-state index in [2.05, 4.69) is 58.6 Å². The van der Waals surface area contributed by atoms with Crippen LogP contribution in [0.25, 0.3) is 10.9 Å². The molecule has 7 rings (SSSR count). The Kier molecular flexibility index (Phi) is 8.96. The van der Waals surface area contributed by atoms with E-state index in [9.17, 15) is 9.90 Å². The molecule has 3 fully saturated rings. The van der Waals surface area contributed by atoms with Gasteiger partial charge in [-0.15, -0.1) is 6.58 Å². The second-order valence-corrected chi connectivity index (χ2v) is 12.5. The van der Waals surface area contributed by atoms with Crippen molar-refractivity contribution < 1.29 is 19.1 Å². The number of hydrogen-bond donors (Lipinski definition) is 3. The van der Waals surface area contributed by atoms with Crippen molar-refractivity contribution in [1.29, 1.82) is 0 Å². The van der Waals surface area contributed by atoms with Crippen molar-refractivity contribution in [3.05, 3.63) is 120 Å². The number of hydrogen-bond acceptors (Lipinski definition) is 4. The molecular formula is C37H43N4O3+. The van der Waals surface area contributed by atoms with Crippen molar-refractivity contribution >= 4 is 16.9 Å². The molecule has 2 amide bonds. The Balaban J connectivity index is 1.39. The normalized spacial score (nSPS) is 23.9. The molecule has 0 spiro atoms. The minimum atomic E-state index is -0.409. The minimum Gasteiger partial charge on any atom is -0.497 e. The largest absolute Gasteiger partial charge is 0.497 e. The fraction of sp³-hybridized carbons (Fsp3) is 0.351. The average Bonchev–Trinajstić information content (AvgIpc) is 3.07. The van der Waals surface area contributed by atoms with Gasteiger partial charge in [0.15, 0.2) is 0 Å². The first-order chi connectivity index (χ1) is 21.5. The number of nitrogens with one attached hydrogen (secondary N) is 2. The number of aliphatic hydroxyl groups excluding tert-OH is 1. The second kappa shape index (κ2) is 13.2. The Morgan fingerprint density at radius 2 is 1.82 bits per heavy atom. The van der Waals surface area contributed by atoms with Crippen LogP contribution in [0.15, 0.2) is 104 Å². The molecule has 228 valence electrons. The van der Waals surface area contributed by atoms with Crippen molar-refractivity contribution in [1.82, 2.24) is 15.6 Å². The topological polar surface area (TPSA) is 83.5 Å². The van der Waals surface area contributed by atoms with Crippen molar-refractivity contribution in [2.75, 3.05) is 26.8 Å². The predicted octanol–water partition coefficient (Wildman–Crippen LogP) is 5.80. The van der Waals surface area contributed by atoms with E-state index in [1.54, 1.807) is 7.11 Å². The summed E-state index contributed by atoms with van der Waals surface area (Å²) >= 11 is 0. The number of carbonyl (C=O) groups is 1. The summed E-state index contributed by atoms with van der Waals surface area (Å²) in [6, 6.07) is 27.8. The van der Waals surface area contributed by atoms with Gasteiger partial charge < -0.3 is 25.0 Å². The van der Waals surface area contributed by atoms with E-state index in [4.69, 9.17) is 4.74 Å². The van der Waals surface area contributed by atoms with E-state index in [0.717, 1.165) is 64.7 Å². The van der Waals surface area contributed by atoms with Gasteiger partial charge >= 0.3 is 6.03 Å². The van der Waals surface area contributed by atoms with Crippen LogP contribution < -0.4 is 15.4 Å². The SMILES string of the molecule is C=C[C@H]1C[N@+]2(Cc3ccccc3)CC[C@H]1C[C@H]2[C@@H](NC(=O)N[C@H](CO)Cc1ccccc1)c1ccnc2ccc(OC)cc12. The summed E-state index contributed by atoms with van der Waals surface area (Å²) in [6.07, 6.45) is 6.66. The lowest BCUT2D eigenvalue weighted by atomic mass is 9.70. The summed E-state index contributed by atoms with van der Waals surface area (Å²) in [5, 5.41) is 17.7. The Bertz CT molecular complexity index is 1580. The van der Waals surface area contributed by atoms with Gasteiger partial charge in [0, 0.05) is 35.9 Å². The number of piperidine rings is 3. The maximum Gasteiger partial charge on any atom is 0.315 e. The summed E-state index contributed by atoms with van der Waals surface area (Å²) in [4.78, 5) is 18.5. The van der Waals surface area contributed by atoms with Crippen LogP contribution in [0.5, 0.6) is 5.75 Å². The summed E-state index contributed by atoms with van der Waals surface area (Å²) < 4.78 is 6.49. The minimum absolute atomic E-state index is 0.134. The van der Waals surface area contributed by atoms with E-state index in [1.165, 1.54) is 5.56 Å². The summed E-state index contributed by atoms with van der Waals surface area (Å²) in [6.45, 7) is 7.00. The smallest absolute Gasteiger partial charge is 0.315 e. The molecule has 1 aromatic heterocycles. The lowest BCUT2D eigenvalue weighted by molar-refractivity contribution is -0.983. The van der Waals surface area contributed by atoms with Crippen molar-refractivity contribution in [2.24, 2.45) is 11.8 Å². The molecule has 4 aromatic rings. The number of carbonyl (C=O) groups excluding carboxylic acids is 1. The van der Waals surface area contributed by atoms with E-state index in [-0.39, 0.29) is 24.7 Å². The molecule has 4 heterocycles. The van der Waals surface area contributed by atoms with Gasteiger partial charge in [-0.3, -0.25) is 4.98 Å². The summed E-state index contributed by atoms with van der Waals surface area (Å²) in [5.74, 6) is 1.71. The Morgan fingerprint density at radius 1 is 1.07 bits per heavy atom. The molecule has 6 atom stereocenters. The van der Waals surface area contributed by atoms with Gasteiger partial charge in [-0.25, -0.2) is 4.79 Å². The van der Waals surface area contributed by atoms with E-state index >= 15 is 0 Å². The van der Waals surface area contributed by atoms with Crippen LogP contribution in [0.4, 0.5) is 4.79 Å². The zero-order valence-electron chi connectivity index (χ0n) is 25.4. The molecule has 7 heteroatoms. The Labute approximate surface area is 260 Å². The Morgan fingerprint density at radius 3 is 2.52 bits per heavy atom. The number of fused-ring (bicyclic) bond motifs is 4. The van der Waals surface area contributed by atoms with Gasteiger partial charge in [-0.1, -0.05) is 66.7 Å². The van der Waals surface area contributed by atoms with Crippen LogP contribution in [0.3, 0.4) is 0 Å². The predicted molar refractivity (Wildman–Crippen MR) is 174 cm³/mol. The first kappa shape index (κ1) is 29.9. The van der Waals surface area contributed by atoms with Crippen LogP contribution in [0, 0.1) is 11.8 Å². The number of nitrogens with zero attached hydrogens (tertiary/aromatic N) is 2. The Hall–Kier alpha value is -4.20. The number of pyridine rings is 1. The van der Waals surface area contributed by atoms with Gasteiger partial charge in [0.1, 0.15) is 24.4 Å². The van der Waals surface area contributed by atoms with E-state index in [1.807, 2.05) is 60.8 Å². The second-order valence-electron chi connectivity index (χ2n) is 12.5. The molecule has 3 aliphatic rings. The number of urea groups is 1. The monoisotopic (exact) mass is 591 g/mol. The molecule has 3 saturated heterocycles. The summed E-state index contributed by atoms with van der Waals surface area (Å²) in [7, 11) is 1.67. The molecule has 0 saturated carbocycles. The average molecular weight is 592 g/mol. The van der Waals surface area contributed by atoms with Crippen molar-refractivity contribution in [3.63, 3.8) is 0 Å². The first-order valence-corrected chi connectivity index (χ1v) is 15.7. The zero-order valence-corrected chi connectivity index (χ0v) is 25.4. The van der Waals surface area contributed by atoms with Crippen LogP contribution in [0.2, 0.25) is 0 Å². The number of methoxy groups -OCH3 is 1. The van der Waals surface area contributed by atoms with Crippen LogP contribution in [0.1, 0.15) is 35.6 Å². The highest BCUT2D eigenvalue weighted by atomic mass is 16.5. The number of amides is 2. The third kappa shape index (κ3) is 6.21. The number of aromatic nitrogens is 1. The van der Waals surface area contributed by atoms with E-state index < -0.39 is 6.04 Å². The highest BCUT2D eigenvalue weighted by Crippen LogP contribution is 2.48. The van der Waals surface area contributed by atoms with Gasteiger partial charge in [0.25, 0.3) is 0 Å². The highest BCUT2D eigenvalue weighted by Gasteiger charge is 2.54. The molecular weight excluding hydrogens is 548 g/mol. The number of rotatable bonds is 11. The van der Waals surface area contributed by atoms with Gasteiger partial charge in [0.05, 0.1) is 38.4 Å².